The molecule has 0 bridgehead atoms. The van der Waals surface area contributed by atoms with E-state index in [2.05, 4.69) is 25.3 Å². The van der Waals surface area contributed by atoms with Crippen LogP contribution < -0.4 is 10.6 Å². The zero-order valence-electron chi connectivity index (χ0n) is 12.6. The molecule has 1 rings (SSSR count). The van der Waals surface area contributed by atoms with E-state index in [1.54, 1.807) is 11.3 Å². The normalized spacial score (nSPS) is 10.7. The third-order valence-electron chi connectivity index (χ3n) is 2.46. The fourth-order valence-electron chi connectivity index (χ4n) is 1.51. The Bertz CT molecular complexity index is 451. The van der Waals surface area contributed by atoms with E-state index in [0.717, 1.165) is 18.0 Å². The summed E-state index contributed by atoms with van der Waals surface area (Å²) >= 11 is 1.70. The van der Waals surface area contributed by atoms with Crippen molar-refractivity contribution in [3.63, 3.8) is 0 Å². The molecular weight excluding hydrogens is 403 g/mol. The number of esters is 1. The number of aromatic nitrogens is 1. The maximum atomic E-state index is 11.0. The molecule has 1 heterocycles. The van der Waals surface area contributed by atoms with Gasteiger partial charge in [0.1, 0.15) is 0 Å². The predicted molar refractivity (Wildman–Crippen MR) is 96.6 cm³/mol. The lowest BCUT2D eigenvalue weighted by molar-refractivity contribution is -0.140. The molecule has 8 heteroatoms. The van der Waals surface area contributed by atoms with Crippen molar-refractivity contribution in [1.29, 1.82) is 0 Å². The molecule has 0 aliphatic carbocycles. The van der Waals surface area contributed by atoms with Gasteiger partial charge in [-0.05, 0) is 13.8 Å². The Labute approximate surface area is 146 Å². The molecule has 0 atom stereocenters. The summed E-state index contributed by atoms with van der Waals surface area (Å²) in [6.45, 7) is 6.00. The second-order valence-corrected chi connectivity index (χ2v) is 5.45. The smallest absolute Gasteiger partial charge is 0.307 e. The van der Waals surface area contributed by atoms with Crippen molar-refractivity contribution in [2.24, 2.45) is 4.99 Å². The quantitative estimate of drug-likeness (QED) is 0.301. The van der Waals surface area contributed by atoms with Gasteiger partial charge in [-0.15, -0.1) is 35.3 Å². The number of nitrogens with zero attached hydrogens (tertiary/aromatic N) is 2. The molecule has 0 aliphatic rings. The van der Waals surface area contributed by atoms with Gasteiger partial charge in [0.25, 0.3) is 0 Å². The van der Waals surface area contributed by atoms with Gasteiger partial charge >= 0.3 is 5.97 Å². The second kappa shape index (κ2) is 11.7. The SMILES string of the molecule is CCNC(=NCCc1ncc(C)s1)NCCC(=O)OC.I. The van der Waals surface area contributed by atoms with Crippen LogP contribution in [0.3, 0.4) is 0 Å². The zero-order chi connectivity index (χ0) is 14.8. The van der Waals surface area contributed by atoms with Crippen LogP contribution in [-0.2, 0) is 16.0 Å². The first-order valence-corrected chi connectivity index (χ1v) is 7.47. The maximum absolute atomic E-state index is 11.0. The Kier molecular flexibility index (Phi) is 11.2. The van der Waals surface area contributed by atoms with Crippen LogP contribution in [0.25, 0.3) is 0 Å². The molecule has 6 nitrogen and oxygen atoms in total. The van der Waals surface area contributed by atoms with Gasteiger partial charge in [0.05, 0.1) is 18.5 Å². The standard InChI is InChI=1S/C13H22N4O2S.HI/c1-4-14-13(16-8-6-12(18)19-3)15-7-5-11-17-9-10(2)20-11;/h9H,4-8H2,1-3H3,(H2,14,15,16);1H. The number of carbonyl (C=O) groups excluding carboxylic acids is 1. The number of halogens is 1. The lowest BCUT2D eigenvalue weighted by atomic mass is 10.4. The molecule has 0 fully saturated rings. The first kappa shape index (κ1) is 20.1. The minimum atomic E-state index is -0.230. The Morgan fingerprint density at radius 2 is 2.24 bits per heavy atom. The van der Waals surface area contributed by atoms with Crippen LogP contribution in [0.5, 0.6) is 0 Å². The van der Waals surface area contributed by atoms with Crippen LogP contribution in [0.15, 0.2) is 11.2 Å². The van der Waals surface area contributed by atoms with E-state index in [9.17, 15) is 4.79 Å². The number of methoxy groups -OCH3 is 1. The minimum absolute atomic E-state index is 0. The van der Waals surface area contributed by atoms with Gasteiger partial charge in [0.15, 0.2) is 5.96 Å². The van der Waals surface area contributed by atoms with E-state index in [1.165, 1.54) is 12.0 Å². The Hall–Kier alpha value is -0.900. The fourth-order valence-corrected chi connectivity index (χ4v) is 2.28. The molecule has 120 valence electrons. The highest BCUT2D eigenvalue weighted by Crippen LogP contribution is 2.11. The first-order chi connectivity index (χ1) is 9.65. The summed E-state index contributed by atoms with van der Waals surface area (Å²) in [4.78, 5) is 21.0. The molecule has 1 aromatic rings. The summed E-state index contributed by atoms with van der Waals surface area (Å²) in [7, 11) is 1.39. The number of ether oxygens (including phenoxy) is 1. The molecule has 0 amide bonds. The van der Waals surface area contributed by atoms with Crippen molar-refractivity contribution in [2.45, 2.75) is 26.7 Å². The molecule has 21 heavy (non-hydrogen) atoms. The topological polar surface area (TPSA) is 75.6 Å². The Morgan fingerprint density at radius 3 is 2.81 bits per heavy atom. The first-order valence-electron chi connectivity index (χ1n) is 6.66. The molecule has 0 radical (unpaired) electrons. The third-order valence-corrected chi connectivity index (χ3v) is 3.43. The van der Waals surface area contributed by atoms with Gasteiger partial charge in [-0.25, -0.2) is 4.98 Å². The highest BCUT2D eigenvalue weighted by Gasteiger charge is 2.02. The highest BCUT2D eigenvalue weighted by atomic mass is 127. The van der Waals surface area contributed by atoms with E-state index < -0.39 is 0 Å². The summed E-state index contributed by atoms with van der Waals surface area (Å²) in [5.41, 5.74) is 0. The number of nitrogens with one attached hydrogen (secondary N) is 2. The predicted octanol–water partition coefficient (Wildman–Crippen LogP) is 1.73. The van der Waals surface area contributed by atoms with Crippen LogP contribution >= 0.6 is 35.3 Å². The summed E-state index contributed by atoms with van der Waals surface area (Å²) in [5, 5.41) is 7.33. The van der Waals surface area contributed by atoms with E-state index in [1.807, 2.05) is 20.0 Å². The molecule has 0 aliphatic heterocycles. The van der Waals surface area contributed by atoms with Gasteiger partial charge in [-0.2, -0.15) is 0 Å². The van der Waals surface area contributed by atoms with Gasteiger partial charge < -0.3 is 15.4 Å². The molecule has 0 spiro atoms. The summed E-state index contributed by atoms with van der Waals surface area (Å²) in [6.07, 6.45) is 3.03. The second-order valence-electron chi connectivity index (χ2n) is 4.13. The number of aryl methyl sites for hydroxylation is 1. The van der Waals surface area contributed by atoms with E-state index in [4.69, 9.17) is 0 Å². The van der Waals surface area contributed by atoms with Crippen LogP contribution in [0, 0.1) is 6.92 Å². The molecule has 0 saturated heterocycles. The lowest BCUT2D eigenvalue weighted by Gasteiger charge is -2.10. The van der Waals surface area contributed by atoms with E-state index in [0.29, 0.717) is 25.5 Å². The number of thiazole rings is 1. The molecule has 0 saturated carbocycles. The summed E-state index contributed by atoms with van der Waals surface area (Å²) < 4.78 is 4.59. The Morgan fingerprint density at radius 1 is 1.48 bits per heavy atom. The van der Waals surface area contributed by atoms with Crippen molar-refractivity contribution in [3.8, 4) is 0 Å². The van der Waals surface area contributed by atoms with Crippen molar-refractivity contribution in [3.05, 3.63) is 16.1 Å². The average molecular weight is 426 g/mol. The van der Waals surface area contributed by atoms with Crippen molar-refractivity contribution >= 4 is 47.2 Å². The molecule has 0 unspecified atom stereocenters. The largest absolute Gasteiger partial charge is 0.469 e. The average Bonchev–Trinajstić information content (AvgIpc) is 2.84. The number of rotatable bonds is 7. The maximum Gasteiger partial charge on any atom is 0.307 e. The van der Waals surface area contributed by atoms with Gasteiger partial charge in [-0.3, -0.25) is 9.79 Å². The van der Waals surface area contributed by atoms with Crippen LogP contribution in [0.4, 0.5) is 0 Å². The van der Waals surface area contributed by atoms with Crippen LogP contribution in [0.2, 0.25) is 0 Å². The lowest BCUT2D eigenvalue weighted by Crippen LogP contribution is -2.38. The minimum Gasteiger partial charge on any atom is -0.469 e. The van der Waals surface area contributed by atoms with Crippen LogP contribution in [0.1, 0.15) is 23.2 Å². The molecule has 0 aromatic carbocycles. The summed E-state index contributed by atoms with van der Waals surface area (Å²) in [6, 6.07) is 0. The fraction of sp³-hybridized carbons (Fsp3) is 0.615. The number of aliphatic imine (C=N–C) groups is 1. The van der Waals surface area contributed by atoms with Gasteiger partial charge in [0, 0.05) is 37.1 Å². The highest BCUT2D eigenvalue weighted by molar-refractivity contribution is 14.0. The Balaban J connectivity index is 0.00000400. The van der Waals surface area contributed by atoms with Gasteiger partial charge in [-0.1, -0.05) is 0 Å². The summed E-state index contributed by atoms with van der Waals surface area (Å²) in [5.74, 6) is 0.483. The van der Waals surface area contributed by atoms with Crippen LogP contribution in [-0.4, -0.2) is 43.7 Å². The van der Waals surface area contributed by atoms with E-state index in [-0.39, 0.29) is 29.9 Å². The number of guanidine groups is 1. The molecule has 2 N–H and O–H groups in total. The molecule has 1 aromatic heterocycles. The molecular formula is C13H23IN4O2S. The van der Waals surface area contributed by atoms with Gasteiger partial charge in [0.2, 0.25) is 0 Å². The monoisotopic (exact) mass is 426 g/mol. The zero-order valence-corrected chi connectivity index (χ0v) is 15.8. The number of carbonyl (C=O) groups is 1. The third kappa shape index (κ3) is 8.86. The number of hydrogen-bond donors (Lipinski definition) is 2. The van der Waals surface area contributed by atoms with Crippen molar-refractivity contribution < 1.29 is 9.53 Å². The van der Waals surface area contributed by atoms with E-state index >= 15 is 0 Å². The number of hydrogen-bond acceptors (Lipinski definition) is 5. The van der Waals surface area contributed by atoms with Crippen molar-refractivity contribution in [2.75, 3.05) is 26.7 Å². The van der Waals surface area contributed by atoms with Crippen molar-refractivity contribution in [1.82, 2.24) is 15.6 Å².